The third-order valence-electron chi connectivity index (χ3n) is 3.32. The minimum absolute atomic E-state index is 0.0904. The van der Waals surface area contributed by atoms with E-state index in [4.69, 9.17) is 11.6 Å². The summed E-state index contributed by atoms with van der Waals surface area (Å²) in [6.45, 7) is 0.699. The Hall–Kier alpha value is -1.46. The van der Waals surface area contributed by atoms with Crippen LogP contribution in [0.15, 0.2) is 41.8 Å². The minimum Gasteiger partial charge on any atom is -0.329 e. The highest BCUT2D eigenvalue weighted by molar-refractivity contribution is 8.00. The molecular weight excluding hydrogens is 294 g/mol. The number of benzene rings is 1. The fourth-order valence-electron chi connectivity index (χ4n) is 2.27. The fourth-order valence-corrected chi connectivity index (χ4v) is 3.56. The van der Waals surface area contributed by atoms with Crippen molar-refractivity contribution in [2.24, 2.45) is 7.05 Å². The standard InChI is InChI=1S/C14H14ClN3OS/c1-17-9-7-16-14(17)20-12-6-8-18(13(12)19)11-5-3-2-4-10(11)15/h2-5,7,9,12H,6,8H2,1H3. The number of amides is 1. The lowest BCUT2D eigenvalue weighted by atomic mass is 10.3. The molecule has 1 aliphatic rings. The van der Waals surface area contributed by atoms with E-state index in [1.54, 1.807) is 11.1 Å². The quantitative estimate of drug-likeness (QED) is 0.875. The SMILES string of the molecule is Cn1ccnc1SC1CCN(c2ccccc2Cl)C1=O. The maximum atomic E-state index is 12.5. The predicted octanol–water partition coefficient (Wildman–Crippen LogP) is 2.97. The molecule has 0 radical (unpaired) electrons. The number of halogens is 1. The van der Waals surface area contributed by atoms with Crippen LogP contribution in [0.25, 0.3) is 0 Å². The second-order valence-corrected chi connectivity index (χ2v) is 6.23. The molecule has 1 aromatic heterocycles. The van der Waals surface area contributed by atoms with Crippen molar-refractivity contribution in [1.29, 1.82) is 0 Å². The molecule has 104 valence electrons. The Morgan fingerprint density at radius 2 is 2.20 bits per heavy atom. The van der Waals surface area contributed by atoms with Crippen LogP contribution in [-0.2, 0) is 11.8 Å². The average Bonchev–Trinajstić information content (AvgIpc) is 2.99. The molecule has 20 heavy (non-hydrogen) atoms. The number of carbonyl (C=O) groups is 1. The molecule has 1 aromatic carbocycles. The Kier molecular flexibility index (Phi) is 3.72. The summed E-state index contributed by atoms with van der Waals surface area (Å²) < 4.78 is 1.93. The van der Waals surface area contributed by atoms with Crippen molar-refractivity contribution in [2.75, 3.05) is 11.4 Å². The van der Waals surface area contributed by atoms with Gasteiger partial charge in [0, 0.05) is 26.0 Å². The van der Waals surface area contributed by atoms with Gasteiger partial charge in [0.1, 0.15) is 0 Å². The van der Waals surface area contributed by atoms with Crippen LogP contribution in [0.3, 0.4) is 0 Å². The number of rotatable bonds is 3. The zero-order valence-electron chi connectivity index (χ0n) is 11.0. The van der Waals surface area contributed by atoms with E-state index in [1.807, 2.05) is 42.1 Å². The van der Waals surface area contributed by atoms with E-state index in [9.17, 15) is 4.79 Å². The molecule has 1 saturated heterocycles. The normalized spacial score (nSPS) is 18.8. The van der Waals surface area contributed by atoms with E-state index >= 15 is 0 Å². The number of aromatic nitrogens is 2. The summed E-state index contributed by atoms with van der Waals surface area (Å²) in [4.78, 5) is 18.5. The molecule has 1 unspecified atom stereocenters. The number of nitrogens with zero attached hydrogens (tertiary/aromatic N) is 3. The summed E-state index contributed by atoms with van der Waals surface area (Å²) in [7, 11) is 1.93. The first kappa shape index (κ1) is 13.5. The van der Waals surface area contributed by atoms with Crippen LogP contribution in [-0.4, -0.2) is 27.3 Å². The Bertz CT molecular complexity index is 643. The minimum atomic E-state index is -0.0904. The molecule has 4 nitrogen and oxygen atoms in total. The van der Waals surface area contributed by atoms with Gasteiger partial charge in [0.15, 0.2) is 5.16 Å². The first-order valence-electron chi connectivity index (χ1n) is 6.36. The molecule has 3 rings (SSSR count). The third-order valence-corrected chi connectivity index (χ3v) is 4.97. The van der Waals surface area contributed by atoms with Crippen molar-refractivity contribution in [2.45, 2.75) is 16.8 Å². The highest BCUT2D eigenvalue weighted by Gasteiger charge is 2.34. The number of hydrogen-bond acceptors (Lipinski definition) is 3. The average molecular weight is 308 g/mol. The van der Waals surface area contributed by atoms with E-state index in [1.165, 1.54) is 11.8 Å². The van der Waals surface area contributed by atoms with Gasteiger partial charge in [-0.05, 0) is 18.6 Å². The highest BCUT2D eigenvalue weighted by Crippen LogP contribution is 2.34. The van der Waals surface area contributed by atoms with Crippen molar-refractivity contribution in [3.8, 4) is 0 Å². The Morgan fingerprint density at radius 1 is 1.40 bits per heavy atom. The van der Waals surface area contributed by atoms with Gasteiger partial charge in [-0.15, -0.1) is 0 Å². The molecule has 0 spiro atoms. The fraction of sp³-hybridized carbons (Fsp3) is 0.286. The molecule has 1 atom stereocenters. The van der Waals surface area contributed by atoms with Crippen LogP contribution in [0.2, 0.25) is 5.02 Å². The first-order valence-corrected chi connectivity index (χ1v) is 7.62. The summed E-state index contributed by atoms with van der Waals surface area (Å²) in [5, 5.41) is 1.39. The van der Waals surface area contributed by atoms with E-state index in [0.29, 0.717) is 11.6 Å². The molecule has 0 N–H and O–H groups in total. The number of carbonyl (C=O) groups excluding carboxylic acids is 1. The summed E-state index contributed by atoms with van der Waals surface area (Å²) in [5.74, 6) is 0.103. The topological polar surface area (TPSA) is 38.1 Å². The maximum absolute atomic E-state index is 12.5. The van der Waals surface area contributed by atoms with Gasteiger partial charge in [0.25, 0.3) is 0 Å². The zero-order valence-corrected chi connectivity index (χ0v) is 12.6. The number of para-hydroxylation sites is 1. The third kappa shape index (κ3) is 2.43. The van der Waals surface area contributed by atoms with E-state index in [2.05, 4.69) is 4.98 Å². The summed E-state index contributed by atoms with van der Waals surface area (Å²) in [6.07, 6.45) is 4.43. The number of hydrogen-bond donors (Lipinski definition) is 0. The van der Waals surface area contributed by atoms with Gasteiger partial charge >= 0.3 is 0 Å². The summed E-state index contributed by atoms with van der Waals surface area (Å²) >= 11 is 7.68. The lowest BCUT2D eigenvalue weighted by Gasteiger charge is -2.17. The Morgan fingerprint density at radius 3 is 2.90 bits per heavy atom. The second kappa shape index (κ2) is 5.50. The Balaban J connectivity index is 1.78. The molecule has 0 aliphatic carbocycles. The van der Waals surface area contributed by atoms with Crippen molar-refractivity contribution < 1.29 is 4.79 Å². The largest absolute Gasteiger partial charge is 0.329 e. The number of thioether (sulfide) groups is 1. The van der Waals surface area contributed by atoms with Crippen LogP contribution >= 0.6 is 23.4 Å². The molecular formula is C14H14ClN3OS. The smallest absolute Gasteiger partial charge is 0.240 e. The number of imidazole rings is 1. The predicted molar refractivity (Wildman–Crippen MR) is 81.3 cm³/mol. The lowest BCUT2D eigenvalue weighted by molar-refractivity contribution is -0.116. The second-order valence-electron chi connectivity index (χ2n) is 4.66. The summed E-state index contributed by atoms with van der Waals surface area (Å²) in [6, 6.07) is 7.46. The molecule has 0 bridgehead atoms. The molecule has 0 saturated carbocycles. The van der Waals surface area contributed by atoms with Gasteiger partial charge in [-0.1, -0.05) is 35.5 Å². The van der Waals surface area contributed by atoms with Crippen molar-refractivity contribution in [3.05, 3.63) is 41.7 Å². The molecule has 1 amide bonds. The maximum Gasteiger partial charge on any atom is 0.240 e. The van der Waals surface area contributed by atoms with Gasteiger partial charge in [-0.3, -0.25) is 4.79 Å². The van der Waals surface area contributed by atoms with Crippen molar-refractivity contribution in [3.63, 3.8) is 0 Å². The zero-order chi connectivity index (χ0) is 14.1. The van der Waals surface area contributed by atoms with Gasteiger partial charge < -0.3 is 9.47 Å². The molecule has 2 heterocycles. The van der Waals surface area contributed by atoms with Crippen molar-refractivity contribution in [1.82, 2.24) is 9.55 Å². The van der Waals surface area contributed by atoms with Crippen LogP contribution in [0.1, 0.15) is 6.42 Å². The van der Waals surface area contributed by atoms with Gasteiger partial charge in [-0.2, -0.15) is 0 Å². The van der Waals surface area contributed by atoms with E-state index in [0.717, 1.165) is 17.3 Å². The van der Waals surface area contributed by atoms with Crippen molar-refractivity contribution >= 4 is 35.0 Å². The molecule has 2 aromatic rings. The monoisotopic (exact) mass is 307 g/mol. The van der Waals surface area contributed by atoms with Crippen LogP contribution < -0.4 is 4.90 Å². The summed E-state index contributed by atoms with van der Waals surface area (Å²) in [5.41, 5.74) is 0.794. The van der Waals surface area contributed by atoms with Gasteiger partial charge in [0.2, 0.25) is 5.91 Å². The molecule has 1 fully saturated rings. The lowest BCUT2D eigenvalue weighted by Crippen LogP contribution is -2.28. The molecule has 1 aliphatic heterocycles. The number of anilines is 1. The van der Waals surface area contributed by atoms with E-state index in [-0.39, 0.29) is 11.2 Å². The van der Waals surface area contributed by atoms with Crippen LogP contribution in [0, 0.1) is 0 Å². The Labute approximate surface area is 126 Å². The van der Waals surface area contributed by atoms with Crippen LogP contribution in [0.5, 0.6) is 0 Å². The van der Waals surface area contributed by atoms with E-state index < -0.39 is 0 Å². The highest BCUT2D eigenvalue weighted by atomic mass is 35.5. The first-order chi connectivity index (χ1) is 9.66. The van der Waals surface area contributed by atoms with Crippen LogP contribution in [0.4, 0.5) is 5.69 Å². The number of aryl methyl sites for hydroxylation is 1. The van der Waals surface area contributed by atoms with Gasteiger partial charge in [-0.25, -0.2) is 4.98 Å². The van der Waals surface area contributed by atoms with Gasteiger partial charge in [0.05, 0.1) is 16.0 Å². The molecule has 6 heteroatoms.